The smallest absolute Gasteiger partial charge is 0.328 e. The lowest BCUT2D eigenvalue weighted by Crippen LogP contribution is -2.33. The van der Waals surface area contributed by atoms with E-state index in [4.69, 9.17) is 10.2 Å². The van der Waals surface area contributed by atoms with Gasteiger partial charge in [0.15, 0.2) is 0 Å². The van der Waals surface area contributed by atoms with Crippen molar-refractivity contribution in [2.45, 2.75) is 13.0 Å². The molecule has 0 unspecified atom stereocenters. The van der Waals surface area contributed by atoms with Crippen LogP contribution < -0.4 is 5.32 Å². The maximum atomic E-state index is 10.9. The van der Waals surface area contributed by atoms with Crippen molar-refractivity contribution in [3.63, 3.8) is 0 Å². The van der Waals surface area contributed by atoms with E-state index in [1.807, 2.05) is 25.1 Å². The molecule has 1 heterocycles. The molecule has 0 aliphatic carbocycles. The van der Waals surface area contributed by atoms with Crippen molar-refractivity contribution in [3.05, 3.63) is 30.1 Å². The molecule has 6 nitrogen and oxygen atoms in total. The number of carbonyl (C=O) groups is 1. The van der Waals surface area contributed by atoms with Gasteiger partial charge >= 0.3 is 5.97 Å². The molecular formula is C12H13N3O3. The number of aliphatic carboxylic acids is 1. The standard InChI is InChI=1S/C12H13N3O3/c1-7-2-3-9-8(4-7)11(14-6-13-9)15-10(5-16)12(17)18/h2-4,6,10,16H,5H2,1H3,(H,17,18)(H,13,14,15)/t10-/m0/s1. The number of aliphatic hydroxyl groups excluding tert-OH is 1. The number of carboxylic acids is 1. The van der Waals surface area contributed by atoms with Crippen LogP contribution in [0.5, 0.6) is 0 Å². The number of anilines is 1. The number of fused-ring (bicyclic) bond motifs is 1. The average molecular weight is 247 g/mol. The summed E-state index contributed by atoms with van der Waals surface area (Å²) >= 11 is 0. The number of aryl methyl sites for hydroxylation is 1. The van der Waals surface area contributed by atoms with Crippen LogP contribution in [0, 0.1) is 6.92 Å². The monoisotopic (exact) mass is 247 g/mol. The van der Waals surface area contributed by atoms with Gasteiger partial charge in [-0.05, 0) is 19.1 Å². The molecule has 1 aromatic heterocycles. The summed E-state index contributed by atoms with van der Waals surface area (Å²) in [4.78, 5) is 19.0. The quantitative estimate of drug-likeness (QED) is 0.739. The molecule has 94 valence electrons. The number of nitrogens with one attached hydrogen (secondary N) is 1. The van der Waals surface area contributed by atoms with Gasteiger partial charge in [0.25, 0.3) is 0 Å². The van der Waals surface area contributed by atoms with Crippen LogP contribution >= 0.6 is 0 Å². The predicted octanol–water partition coefficient (Wildman–Crippen LogP) is 0.796. The molecule has 18 heavy (non-hydrogen) atoms. The molecule has 2 rings (SSSR count). The van der Waals surface area contributed by atoms with Gasteiger partial charge in [0.2, 0.25) is 0 Å². The van der Waals surface area contributed by atoms with Crippen molar-refractivity contribution in [1.29, 1.82) is 0 Å². The predicted molar refractivity (Wildman–Crippen MR) is 66.4 cm³/mol. The third-order valence-electron chi connectivity index (χ3n) is 2.58. The first-order valence-corrected chi connectivity index (χ1v) is 5.43. The number of nitrogens with zero attached hydrogens (tertiary/aromatic N) is 2. The molecule has 0 amide bonds. The zero-order chi connectivity index (χ0) is 13.1. The molecule has 0 aliphatic rings. The van der Waals surface area contributed by atoms with Gasteiger partial charge in [-0.1, -0.05) is 11.6 Å². The van der Waals surface area contributed by atoms with Crippen LogP contribution in [0.1, 0.15) is 5.56 Å². The maximum Gasteiger partial charge on any atom is 0.328 e. The minimum absolute atomic E-state index is 0.408. The zero-order valence-electron chi connectivity index (χ0n) is 9.79. The minimum atomic E-state index is -1.13. The third kappa shape index (κ3) is 2.38. The molecule has 2 aromatic rings. The summed E-state index contributed by atoms with van der Waals surface area (Å²) in [6.07, 6.45) is 1.36. The highest BCUT2D eigenvalue weighted by Gasteiger charge is 2.17. The number of carboxylic acid groups (broad SMARTS) is 1. The van der Waals surface area contributed by atoms with E-state index >= 15 is 0 Å². The maximum absolute atomic E-state index is 10.9. The summed E-state index contributed by atoms with van der Waals surface area (Å²) in [5, 5.41) is 21.3. The summed E-state index contributed by atoms with van der Waals surface area (Å²) in [5.74, 6) is -0.720. The van der Waals surface area contributed by atoms with E-state index < -0.39 is 18.6 Å². The first-order valence-electron chi connectivity index (χ1n) is 5.43. The molecule has 0 fully saturated rings. The summed E-state index contributed by atoms with van der Waals surface area (Å²) in [5.41, 5.74) is 1.75. The van der Waals surface area contributed by atoms with E-state index in [0.717, 1.165) is 16.5 Å². The molecule has 0 saturated carbocycles. The lowest BCUT2D eigenvalue weighted by atomic mass is 10.1. The van der Waals surface area contributed by atoms with Crippen LogP contribution in [0.4, 0.5) is 5.82 Å². The normalized spacial score (nSPS) is 12.3. The molecule has 6 heteroatoms. The highest BCUT2D eigenvalue weighted by Crippen LogP contribution is 2.20. The average Bonchev–Trinajstić information content (AvgIpc) is 2.35. The van der Waals surface area contributed by atoms with Crippen LogP contribution in [0.2, 0.25) is 0 Å². The number of aromatic nitrogens is 2. The highest BCUT2D eigenvalue weighted by molar-refractivity contribution is 5.91. The van der Waals surface area contributed by atoms with Gasteiger partial charge in [-0.2, -0.15) is 0 Å². The Hall–Kier alpha value is -2.21. The van der Waals surface area contributed by atoms with E-state index in [1.165, 1.54) is 6.33 Å². The van der Waals surface area contributed by atoms with Crippen LogP contribution in [-0.4, -0.2) is 38.8 Å². The zero-order valence-corrected chi connectivity index (χ0v) is 9.79. The second-order valence-corrected chi connectivity index (χ2v) is 3.96. The van der Waals surface area contributed by atoms with Gasteiger partial charge in [-0.15, -0.1) is 0 Å². The molecule has 0 saturated heterocycles. The Kier molecular flexibility index (Phi) is 3.38. The summed E-state index contributed by atoms with van der Waals surface area (Å²) in [6, 6.07) is 4.55. The van der Waals surface area contributed by atoms with E-state index in [0.29, 0.717) is 5.82 Å². The second kappa shape index (κ2) is 4.97. The van der Waals surface area contributed by atoms with Crippen LogP contribution in [-0.2, 0) is 4.79 Å². The van der Waals surface area contributed by atoms with Gasteiger partial charge in [-0.3, -0.25) is 0 Å². The van der Waals surface area contributed by atoms with Gasteiger partial charge < -0.3 is 15.5 Å². The summed E-state index contributed by atoms with van der Waals surface area (Å²) in [7, 11) is 0. The fourth-order valence-corrected chi connectivity index (χ4v) is 1.64. The number of benzene rings is 1. The van der Waals surface area contributed by atoms with Crippen molar-refractivity contribution in [3.8, 4) is 0 Å². The lowest BCUT2D eigenvalue weighted by Gasteiger charge is -2.13. The Morgan fingerprint density at radius 2 is 2.22 bits per heavy atom. The number of rotatable bonds is 4. The summed E-state index contributed by atoms with van der Waals surface area (Å²) < 4.78 is 0. The van der Waals surface area contributed by atoms with E-state index in [2.05, 4.69) is 15.3 Å². The fourth-order valence-electron chi connectivity index (χ4n) is 1.64. The summed E-state index contributed by atoms with van der Waals surface area (Å²) in [6.45, 7) is 1.42. The highest BCUT2D eigenvalue weighted by atomic mass is 16.4. The van der Waals surface area contributed by atoms with Crippen LogP contribution in [0.15, 0.2) is 24.5 Å². The lowest BCUT2D eigenvalue weighted by molar-refractivity contribution is -0.138. The minimum Gasteiger partial charge on any atom is -0.480 e. The van der Waals surface area contributed by atoms with Gasteiger partial charge in [0.1, 0.15) is 18.2 Å². The Morgan fingerprint density at radius 3 is 2.89 bits per heavy atom. The van der Waals surface area contributed by atoms with Crippen molar-refractivity contribution < 1.29 is 15.0 Å². The third-order valence-corrected chi connectivity index (χ3v) is 2.58. The van der Waals surface area contributed by atoms with Crippen molar-refractivity contribution in [2.75, 3.05) is 11.9 Å². The Labute approximate surface area is 103 Å². The second-order valence-electron chi connectivity index (χ2n) is 3.96. The number of hydrogen-bond acceptors (Lipinski definition) is 5. The molecule has 0 radical (unpaired) electrons. The van der Waals surface area contributed by atoms with Gasteiger partial charge in [-0.25, -0.2) is 14.8 Å². The first-order chi connectivity index (χ1) is 8.61. The molecule has 0 aliphatic heterocycles. The molecule has 3 N–H and O–H groups in total. The molecule has 0 spiro atoms. The Balaban J connectivity index is 2.44. The van der Waals surface area contributed by atoms with Crippen molar-refractivity contribution >= 4 is 22.7 Å². The molecule has 1 aromatic carbocycles. The fraction of sp³-hybridized carbons (Fsp3) is 0.250. The van der Waals surface area contributed by atoms with E-state index in [9.17, 15) is 4.79 Å². The SMILES string of the molecule is Cc1ccc2ncnc(N[C@@H](CO)C(=O)O)c2c1. The van der Waals surface area contributed by atoms with Crippen LogP contribution in [0.3, 0.4) is 0 Å². The Bertz CT molecular complexity index is 586. The van der Waals surface area contributed by atoms with Crippen molar-refractivity contribution in [1.82, 2.24) is 9.97 Å². The number of hydrogen-bond donors (Lipinski definition) is 3. The molecule has 0 bridgehead atoms. The topological polar surface area (TPSA) is 95.3 Å². The van der Waals surface area contributed by atoms with E-state index in [-0.39, 0.29) is 0 Å². The van der Waals surface area contributed by atoms with Crippen LogP contribution in [0.25, 0.3) is 10.9 Å². The van der Waals surface area contributed by atoms with E-state index in [1.54, 1.807) is 0 Å². The first kappa shape index (κ1) is 12.3. The molecule has 1 atom stereocenters. The number of aliphatic hydroxyl groups is 1. The Morgan fingerprint density at radius 1 is 1.44 bits per heavy atom. The largest absolute Gasteiger partial charge is 0.480 e. The van der Waals surface area contributed by atoms with Crippen molar-refractivity contribution in [2.24, 2.45) is 0 Å². The van der Waals surface area contributed by atoms with Gasteiger partial charge in [0.05, 0.1) is 12.1 Å². The van der Waals surface area contributed by atoms with Gasteiger partial charge in [0, 0.05) is 5.39 Å². The molecular weight excluding hydrogens is 234 g/mol.